The number of nitrogens with zero attached hydrogens (tertiary/aromatic N) is 2. The smallest absolute Gasteiger partial charge is 0.264 e. The Labute approximate surface area is 247 Å². The molecule has 0 aliphatic carbocycles. The van der Waals surface area contributed by atoms with Crippen LogP contribution >= 0.6 is 23.2 Å². The van der Waals surface area contributed by atoms with Gasteiger partial charge < -0.3 is 10.2 Å². The van der Waals surface area contributed by atoms with Gasteiger partial charge in [-0.3, -0.25) is 13.9 Å². The van der Waals surface area contributed by atoms with Crippen LogP contribution in [0, 0.1) is 13.8 Å². The van der Waals surface area contributed by atoms with E-state index in [0.717, 1.165) is 9.87 Å². The van der Waals surface area contributed by atoms with Gasteiger partial charge in [0, 0.05) is 28.2 Å². The summed E-state index contributed by atoms with van der Waals surface area (Å²) in [4.78, 5) is 28.8. The summed E-state index contributed by atoms with van der Waals surface area (Å²) in [6.45, 7) is 8.55. The lowest BCUT2D eigenvalue weighted by atomic mass is 10.1. The quantitative estimate of drug-likeness (QED) is 0.285. The standard InChI is InChI=1S/C30H35Cl2N3O4S/c1-6-27(30(37)33-20(2)3)34(18-24-25(31)13-10-14-26(24)32)29(36)19-35(28-16-15-21(4)17-22(28)5)40(38,39)23-11-8-7-9-12-23/h7-17,20,27H,6,18-19H2,1-5H3,(H,33,37). The molecule has 2 amide bonds. The first kappa shape index (κ1) is 31.5. The van der Waals surface area contributed by atoms with Crippen molar-refractivity contribution < 1.29 is 18.0 Å². The van der Waals surface area contributed by atoms with Gasteiger partial charge in [-0.05, 0) is 70.0 Å². The fourth-order valence-electron chi connectivity index (χ4n) is 4.47. The van der Waals surface area contributed by atoms with Crippen LogP contribution < -0.4 is 9.62 Å². The highest BCUT2D eigenvalue weighted by Gasteiger charge is 2.34. The van der Waals surface area contributed by atoms with Crippen LogP contribution in [0.15, 0.2) is 71.6 Å². The van der Waals surface area contributed by atoms with Crippen molar-refractivity contribution in [3.05, 3.63) is 93.5 Å². The number of hydrogen-bond donors (Lipinski definition) is 1. The Morgan fingerprint density at radius 3 is 2.10 bits per heavy atom. The molecule has 3 aromatic rings. The minimum absolute atomic E-state index is 0.0491. The molecule has 0 saturated carbocycles. The molecule has 1 N–H and O–H groups in total. The second kappa shape index (κ2) is 13.5. The predicted molar refractivity (Wildman–Crippen MR) is 161 cm³/mol. The summed E-state index contributed by atoms with van der Waals surface area (Å²) in [5.74, 6) is -0.917. The van der Waals surface area contributed by atoms with Crippen LogP contribution in [0.1, 0.15) is 43.9 Å². The number of carbonyl (C=O) groups is 2. The van der Waals surface area contributed by atoms with Crippen molar-refractivity contribution in [3.8, 4) is 0 Å². The SMILES string of the molecule is CCC(C(=O)NC(C)C)N(Cc1c(Cl)cccc1Cl)C(=O)CN(c1ccc(C)cc1C)S(=O)(=O)c1ccccc1. The van der Waals surface area contributed by atoms with Crippen LogP contribution in [0.3, 0.4) is 0 Å². The van der Waals surface area contributed by atoms with Crippen molar-refractivity contribution >= 4 is 50.7 Å². The van der Waals surface area contributed by atoms with Gasteiger partial charge in [0.2, 0.25) is 11.8 Å². The van der Waals surface area contributed by atoms with Gasteiger partial charge in [0.1, 0.15) is 12.6 Å². The van der Waals surface area contributed by atoms with Crippen molar-refractivity contribution in [3.63, 3.8) is 0 Å². The summed E-state index contributed by atoms with van der Waals surface area (Å²) >= 11 is 12.9. The van der Waals surface area contributed by atoms with Gasteiger partial charge in [-0.1, -0.05) is 72.1 Å². The molecular weight excluding hydrogens is 569 g/mol. The molecule has 10 heteroatoms. The van der Waals surface area contributed by atoms with Crippen LogP contribution in [-0.4, -0.2) is 43.8 Å². The Hall–Kier alpha value is -3.07. The van der Waals surface area contributed by atoms with Crippen molar-refractivity contribution in [1.82, 2.24) is 10.2 Å². The average molecular weight is 605 g/mol. The Bertz CT molecular complexity index is 1440. The zero-order valence-electron chi connectivity index (χ0n) is 23.3. The zero-order chi connectivity index (χ0) is 29.6. The van der Waals surface area contributed by atoms with E-state index in [2.05, 4.69) is 5.32 Å². The second-order valence-corrected chi connectivity index (χ2v) is 12.6. The fraction of sp³-hybridized carbons (Fsp3) is 0.333. The molecule has 40 heavy (non-hydrogen) atoms. The summed E-state index contributed by atoms with van der Waals surface area (Å²) in [7, 11) is -4.15. The van der Waals surface area contributed by atoms with Crippen molar-refractivity contribution in [2.45, 2.75) is 64.6 Å². The van der Waals surface area contributed by atoms with Crippen molar-refractivity contribution in [1.29, 1.82) is 0 Å². The lowest BCUT2D eigenvalue weighted by molar-refractivity contribution is -0.140. The third-order valence-electron chi connectivity index (χ3n) is 6.44. The Morgan fingerprint density at radius 2 is 1.55 bits per heavy atom. The molecule has 0 aliphatic rings. The summed E-state index contributed by atoms with van der Waals surface area (Å²) in [6.07, 6.45) is 0.293. The van der Waals surface area contributed by atoms with E-state index in [9.17, 15) is 18.0 Å². The highest BCUT2D eigenvalue weighted by atomic mass is 35.5. The molecule has 1 unspecified atom stereocenters. The van der Waals surface area contributed by atoms with E-state index in [0.29, 0.717) is 33.3 Å². The summed E-state index contributed by atoms with van der Waals surface area (Å²) in [5.41, 5.74) is 2.49. The van der Waals surface area contributed by atoms with Crippen LogP contribution in [-0.2, 0) is 26.2 Å². The van der Waals surface area contributed by atoms with Crippen molar-refractivity contribution in [2.24, 2.45) is 0 Å². The molecule has 0 radical (unpaired) electrons. The molecule has 0 fully saturated rings. The number of sulfonamides is 1. The van der Waals surface area contributed by atoms with Gasteiger partial charge >= 0.3 is 0 Å². The van der Waals surface area contributed by atoms with Crippen LogP contribution in [0.5, 0.6) is 0 Å². The number of benzene rings is 3. The van der Waals surface area contributed by atoms with Crippen LogP contribution in [0.4, 0.5) is 5.69 Å². The number of aryl methyl sites for hydroxylation is 2. The number of rotatable bonds is 11. The minimum atomic E-state index is -4.15. The van der Waals surface area contributed by atoms with Gasteiger partial charge in [0.05, 0.1) is 10.6 Å². The first-order valence-electron chi connectivity index (χ1n) is 13.0. The van der Waals surface area contributed by atoms with Gasteiger partial charge in [0.25, 0.3) is 10.0 Å². The van der Waals surface area contributed by atoms with Gasteiger partial charge in [0.15, 0.2) is 0 Å². The van der Waals surface area contributed by atoms with Crippen LogP contribution in [0.25, 0.3) is 0 Å². The van der Waals surface area contributed by atoms with Gasteiger partial charge in [-0.25, -0.2) is 8.42 Å². The molecule has 1 atom stereocenters. The largest absolute Gasteiger partial charge is 0.352 e. The summed E-state index contributed by atoms with van der Waals surface area (Å²) in [5, 5.41) is 3.55. The first-order chi connectivity index (χ1) is 18.9. The number of halogens is 2. The number of carbonyl (C=O) groups excluding carboxylic acids is 2. The summed E-state index contributed by atoms with van der Waals surface area (Å²) in [6, 6.07) is 17.3. The predicted octanol–water partition coefficient (Wildman–Crippen LogP) is 6.14. The molecule has 0 spiro atoms. The molecule has 0 aliphatic heterocycles. The van der Waals surface area contributed by atoms with E-state index >= 15 is 0 Å². The van der Waals surface area contributed by atoms with E-state index in [1.807, 2.05) is 26.8 Å². The molecule has 0 aromatic heterocycles. The molecule has 3 rings (SSSR count). The topological polar surface area (TPSA) is 86.8 Å². The molecule has 3 aromatic carbocycles. The molecule has 7 nitrogen and oxygen atoms in total. The fourth-order valence-corrected chi connectivity index (χ4v) is 6.49. The van der Waals surface area contributed by atoms with Gasteiger partial charge in [-0.15, -0.1) is 0 Å². The Kier molecular flexibility index (Phi) is 10.6. The highest BCUT2D eigenvalue weighted by molar-refractivity contribution is 7.92. The molecule has 0 saturated heterocycles. The molecule has 0 bridgehead atoms. The Morgan fingerprint density at radius 1 is 0.925 bits per heavy atom. The minimum Gasteiger partial charge on any atom is -0.352 e. The summed E-state index contributed by atoms with van der Waals surface area (Å²) < 4.78 is 29.0. The monoisotopic (exact) mass is 603 g/mol. The molecular formula is C30H35Cl2N3O4S. The maximum atomic E-state index is 14.2. The molecule has 214 valence electrons. The number of anilines is 1. The maximum absolute atomic E-state index is 14.2. The number of amides is 2. The highest BCUT2D eigenvalue weighted by Crippen LogP contribution is 2.30. The van der Waals surface area contributed by atoms with E-state index in [1.165, 1.54) is 17.0 Å². The lowest BCUT2D eigenvalue weighted by Gasteiger charge is -2.34. The van der Waals surface area contributed by atoms with Crippen LogP contribution in [0.2, 0.25) is 10.0 Å². The van der Waals surface area contributed by atoms with Crippen molar-refractivity contribution in [2.75, 3.05) is 10.8 Å². The molecule has 0 heterocycles. The number of hydrogen-bond acceptors (Lipinski definition) is 4. The third kappa shape index (κ3) is 7.36. The zero-order valence-corrected chi connectivity index (χ0v) is 25.6. The first-order valence-corrected chi connectivity index (χ1v) is 15.2. The normalized spacial score (nSPS) is 12.2. The average Bonchev–Trinajstić information content (AvgIpc) is 2.89. The lowest BCUT2D eigenvalue weighted by Crippen LogP contribution is -2.53. The Balaban J connectivity index is 2.13. The van der Waals surface area contributed by atoms with E-state index in [1.54, 1.807) is 62.4 Å². The van der Waals surface area contributed by atoms with Gasteiger partial charge in [-0.2, -0.15) is 0 Å². The van der Waals surface area contributed by atoms with E-state index < -0.39 is 28.5 Å². The second-order valence-electron chi connectivity index (χ2n) is 9.92. The van der Waals surface area contributed by atoms with E-state index in [4.69, 9.17) is 23.2 Å². The van der Waals surface area contributed by atoms with E-state index in [-0.39, 0.29) is 23.4 Å². The third-order valence-corrected chi connectivity index (χ3v) is 8.92. The maximum Gasteiger partial charge on any atom is 0.264 e. The number of nitrogens with one attached hydrogen (secondary N) is 1.